The Bertz CT molecular complexity index is 322. The molecule has 1 nitrogen and oxygen atoms in total. The van der Waals surface area contributed by atoms with Crippen molar-refractivity contribution in [2.24, 2.45) is 11.8 Å². The predicted octanol–water partition coefficient (Wildman–Crippen LogP) is 3.81. The Morgan fingerprint density at radius 1 is 1.13 bits per heavy atom. The molecule has 0 aromatic heterocycles. The molecule has 3 atom stereocenters. The summed E-state index contributed by atoms with van der Waals surface area (Å²) >= 11 is 0. The van der Waals surface area contributed by atoms with Crippen LogP contribution >= 0.6 is 0 Å². The van der Waals surface area contributed by atoms with Crippen molar-refractivity contribution >= 4 is 5.69 Å². The summed E-state index contributed by atoms with van der Waals surface area (Å²) in [5.41, 5.74) is 8.20. The smallest absolute Gasteiger partial charge is 0.0316 e. The summed E-state index contributed by atoms with van der Waals surface area (Å²) in [5, 5.41) is 0. The zero-order chi connectivity index (χ0) is 10.8. The second-order valence-electron chi connectivity index (χ2n) is 5.08. The molecular formula is C14H21N. The van der Waals surface area contributed by atoms with Crippen LogP contribution in [0.3, 0.4) is 0 Å². The molecule has 1 fully saturated rings. The van der Waals surface area contributed by atoms with Gasteiger partial charge in [0.25, 0.3) is 0 Å². The van der Waals surface area contributed by atoms with Crippen LogP contribution in [0, 0.1) is 11.8 Å². The van der Waals surface area contributed by atoms with Crippen molar-refractivity contribution in [3.05, 3.63) is 29.8 Å². The van der Waals surface area contributed by atoms with Crippen LogP contribution in [0.25, 0.3) is 0 Å². The van der Waals surface area contributed by atoms with Gasteiger partial charge in [0.05, 0.1) is 0 Å². The molecule has 0 heterocycles. The van der Waals surface area contributed by atoms with E-state index in [4.69, 9.17) is 5.73 Å². The molecule has 1 unspecified atom stereocenters. The van der Waals surface area contributed by atoms with Crippen LogP contribution < -0.4 is 5.73 Å². The lowest BCUT2D eigenvalue weighted by Crippen LogP contribution is -2.22. The molecule has 1 aliphatic carbocycles. The van der Waals surface area contributed by atoms with E-state index >= 15 is 0 Å². The summed E-state index contributed by atoms with van der Waals surface area (Å²) in [4.78, 5) is 0. The van der Waals surface area contributed by atoms with Crippen LogP contribution in [0.5, 0.6) is 0 Å². The minimum absolute atomic E-state index is 0.710. The van der Waals surface area contributed by atoms with Crippen LogP contribution in [0.1, 0.15) is 44.6 Å². The Labute approximate surface area is 92.7 Å². The summed E-state index contributed by atoms with van der Waals surface area (Å²) in [5.74, 6) is 2.31. The van der Waals surface area contributed by atoms with Gasteiger partial charge in [-0.2, -0.15) is 0 Å². The molecule has 1 aromatic carbocycles. The van der Waals surface area contributed by atoms with E-state index in [-0.39, 0.29) is 0 Å². The number of anilines is 1. The van der Waals surface area contributed by atoms with Crippen molar-refractivity contribution in [2.45, 2.75) is 39.0 Å². The Morgan fingerprint density at radius 3 is 2.40 bits per heavy atom. The Kier molecular flexibility index (Phi) is 2.99. The van der Waals surface area contributed by atoms with Gasteiger partial charge in [0.2, 0.25) is 0 Å². The molecule has 1 aromatic rings. The fourth-order valence-corrected chi connectivity index (χ4v) is 3.11. The summed E-state index contributed by atoms with van der Waals surface area (Å²) < 4.78 is 0. The molecule has 0 amide bonds. The Morgan fingerprint density at radius 2 is 1.80 bits per heavy atom. The maximum absolute atomic E-state index is 5.86. The van der Waals surface area contributed by atoms with Gasteiger partial charge in [-0.1, -0.05) is 45.2 Å². The van der Waals surface area contributed by atoms with E-state index in [1.165, 1.54) is 24.8 Å². The summed E-state index contributed by atoms with van der Waals surface area (Å²) in [6.45, 7) is 4.76. The maximum Gasteiger partial charge on any atom is 0.0316 e. The van der Waals surface area contributed by atoms with Crippen LogP contribution in [0.4, 0.5) is 5.69 Å². The highest BCUT2D eigenvalue weighted by Gasteiger charge is 2.28. The monoisotopic (exact) mass is 203 g/mol. The molecule has 2 rings (SSSR count). The molecule has 0 radical (unpaired) electrons. The summed E-state index contributed by atoms with van der Waals surface area (Å²) in [7, 11) is 0. The standard InChI is InChI=1S/C14H21N/c1-10-5-3-6-11(2)14(10)12-7-4-8-13(15)9-12/h4,7-11,14H,3,5-6,15H2,1-2H3/t10-,11+,14?. The van der Waals surface area contributed by atoms with Crippen molar-refractivity contribution in [3.63, 3.8) is 0 Å². The van der Waals surface area contributed by atoms with Crippen molar-refractivity contribution < 1.29 is 0 Å². The topological polar surface area (TPSA) is 26.0 Å². The third kappa shape index (κ3) is 2.17. The van der Waals surface area contributed by atoms with Crippen LogP contribution in [0.15, 0.2) is 24.3 Å². The first-order valence-corrected chi connectivity index (χ1v) is 6.04. The van der Waals surface area contributed by atoms with Gasteiger partial charge in [0.1, 0.15) is 0 Å². The van der Waals surface area contributed by atoms with Crippen molar-refractivity contribution in [3.8, 4) is 0 Å². The minimum atomic E-state index is 0.710. The molecule has 2 N–H and O–H groups in total. The van der Waals surface area contributed by atoms with Crippen LogP contribution in [-0.2, 0) is 0 Å². The van der Waals surface area contributed by atoms with E-state index in [1.54, 1.807) is 0 Å². The number of rotatable bonds is 1. The normalized spacial score (nSPS) is 31.5. The average molecular weight is 203 g/mol. The SMILES string of the molecule is C[C@@H]1CCC[C@H](C)C1c1cccc(N)c1. The molecule has 0 aliphatic heterocycles. The average Bonchev–Trinajstić information content (AvgIpc) is 2.17. The van der Waals surface area contributed by atoms with E-state index in [2.05, 4.69) is 32.0 Å². The van der Waals surface area contributed by atoms with Gasteiger partial charge < -0.3 is 5.73 Å². The molecule has 1 aliphatic rings. The summed E-state index contributed by atoms with van der Waals surface area (Å²) in [6, 6.07) is 8.45. The first-order chi connectivity index (χ1) is 7.18. The molecule has 82 valence electrons. The lowest BCUT2D eigenvalue weighted by atomic mass is 9.70. The van der Waals surface area contributed by atoms with Gasteiger partial charge in [-0.3, -0.25) is 0 Å². The molecule has 0 saturated heterocycles. The van der Waals surface area contributed by atoms with E-state index in [0.717, 1.165) is 17.5 Å². The third-order valence-electron chi connectivity index (χ3n) is 3.84. The van der Waals surface area contributed by atoms with Gasteiger partial charge in [0, 0.05) is 5.69 Å². The Hall–Kier alpha value is -0.980. The zero-order valence-corrected chi connectivity index (χ0v) is 9.74. The second-order valence-corrected chi connectivity index (χ2v) is 5.08. The van der Waals surface area contributed by atoms with Gasteiger partial charge in [-0.15, -0.1) is 0 Å². The van der Waals surface area contributed by atoms with Gasteiger partial charge in [-0.05, 0) is 35.4 Å². The highest BCUT2D eigenvalue weighted by molar-refractivity contribution is 5.42. The molecule has 1 heteroatoms. The first kappa shape index (κ1) is 10.5. The number of nitrogen functional groups attached to an aromatic ring is 1. The molecule has 0 spiro atoms. The maximum atomic E-state index is 5.86. The number of hydrogen-bond acceptors (Lipinski definition) is 1. The fraction of sp³-hybridized carbons (Fsp3) is 0.571. The quantitative estimate of drug-likeness (QED) is 0.690. The van der Waals surface area contributed by atoms with E-state index in [9.17, 15) is 0 Å². The molecular weight excluding hydrogens is 182 g/mol. The number of benzene rings is 1. The highest BCUT2D eigenvalue weighted by Crippen LogP contribution is 2.41. The first-order valence-electron chi connectivity index (χ1n) is 6.04. The van der Waals surface area contributed by atoms with Crippen molar-refractivity contribution in [1.29, 1.82) is 0 Å². The highest BCUT2D eigenvalue weighted by atomic mass is 14.5. The molecule has 0 bridgehead atoms. The molecule has 15 heavy (non-hydrogen) atoms. The Balaban J connectivity index is 2.27. The number of hydrogen-bond donors (Lipinski definition) is 1. The van der Waals surface area contributed by atoms with Gasteiger partial charge in [-0.25, -0.2) is 0 Å². The second kappa shape index (κ2) is 4.26. The van der Waals surface area contributed by atoms with E-state index in [0.29, 0.717) is 5.92 Å². The zero-order valence-electron chi connectivity index (χ0n) is 9.74. The van der Waals surface area contributed by atoms with E-state index < -0.39 is 0 Å². The lowest BCUT2D eigenvalue weighted by molar-refractivity contribution is 0.249. The van der Waals surface area contributed by atoms with Gasteiger partial charge >= 0.3 is 0 Å². The van der Waals surface area contributed by atoms with Crippen LogP contribution in [0.2, 0.25) is 0 Å². The van der Waals surface area contributed by atoms with Crippen molar-refractivity contribution in [2.75, 3.05) is 5.73 Å². The summed E-state index contributed by atoms with van der Waals surface area (Å²) in [6.07, 6.45) is 4.12. The third-order valence-corrected chi connectivity index (χ3v) is 3.84. The fourth-order valence-electron chi connectivity index (χ4n) is 3.11. The van der Waals surface area contributed by atoms with Crippen LogP contribution in [-0.4, -0.2) is 0 Å². The van der Waals surface area contributed by atoms with Crippen molar-refractivity contribution in [1.82, 2.24) is 0 Å². The predicted molar refractivity (Wildman–Crippen MR) is 65.8 cm³/mol. The lowest BCUT2D eigenvalue weighted by Gasteiger charge is -2.35. The van der Waals surface area contributed by atoms with E-state index in [1.807, 2.05) is 6.07 Å². The number of nitrogens with two attached hydrogens (primary N) is 1. The molecule has 1 saturated carbocycles. The minimum Gasteiger partial charge on any atom is -0.399 e. The van der Waals surface area contributed by atoms with Gasteiger partial charge in [0.15, 0.2) is 0 Å². The largest absolute Gasteiger partial charge is 0.399 e.